The van der Waals surface area contributed by atoms with Crippen LogP contribution in [-0.4, -0.2) is 72.6 Å². The molecule has 0 aromatic carbocycles. The number of nitrogens with two attached hydrogens (primary N) is 1. The van der Waals surface area contributed by atoms with E-state index in [-0.39, 0.29) is 25.9 Å². The number of nitrogens with one attached hydrogen (secondary N) is 3. The molecule has 0 heterocycles. The lowest BCUT2D eigenvalue weighted by atomic mass is 10.1. The van der Waals surface area contributed by atoms with E-state index in [1.165, 1.54) is 0 Å². The number of carbonyl (C=O) groups excluding carboxylic acids is 4. The zero-order valence-electron chi connectivity index (χ0n) is 25.8. The van der Waals surface area contributed by atoms with Gasteiger partial charge in [0, 0.05) is 12.8 Å². The molecular weight excluding hydrogens is 524 g/mol. The molecule has 2 atom stereocenters. The number of rotatable bonds is 17. The van der Waals surface area contributed by atoms with Gasteiger partial charge in [0.15, 0.2) is 0 Å². The second-order valence-corrected chi connectivity index (χ2v) is 12.3. The number of urea groups is 1. The monoisotopic (exact) mass is 576 g/mol. The van der Waals surface area contributed by atoms with Gasteiger partial charge in [-0.3, -0.25) is 14.5 Å². The maximum Gasteiger partial charge on any atom is 0.329 e. The summed E-state index contributed by atoms with van der Waals surface area (Å²) in [5, 5.41) is 5.04. The Morgan fingerprint density at radius 3 is 1.60 bits per heavy atom. The van der Waals surface area contributed by atoms with E-state index in [4.69, 9.17) is 29.6 Å². The predicted molar refractivity (Wildman–Crippen MR) is 149 cm³/mol. The first-order chi connectivity index (χ1) is 18.3. The van der Waals surface area contributed by atoms with Gasteiger partial charge >= 0.3 is 23.9 Å². The van der Waals surface area contributed by atoms with Gasteiger partial charge in [-0.05, 0) is 94.5 Å². The molecule has 0 spiro atoms. The number of esters is 3. The van der Waals surface area contributed by atoms with Crippen molar-refractivity contribution in [3.8, 4) is 0 Å². The fraction of sp³-hybridized carbons (Fsp3) is 0.852. The maximum atomic E-state index is 12.9. The average Bonchev–Trinajstić information content (AvgIpc) is 2.76. The van der Waals surface area contributed by atoms with E-state index < -0.39 is 52.8 Å². The molecule has 234 valence electrons. The standard InChI is InChI=1S/C27H52N4O9/c1-25(2,3)38-21(32)14-13-19(22(33)39-26(4,5)6)29-24(35)30-20(23(34)40-27(7,8)9)15-18-37-31-36-17-12-10-11-16-28/h19-20,31H,10-18,28H2,1-9H3,(H2,29,30,35)/t19-,20-/m0/s1. The highest BCUT2D eigenvalue weighted by Gasteiger charge is 2.31. The molecule has 13 heteroatoms. The van der Waals surface area contributed by atoms with Crippen molar-refractivity contribution in [2.24, 2.45) is 5.73 Å². The van der Waals surface area contributed by atoms with Crippen LogP contribution in [-0.2, 0) is 38.3 Å². The molecule has 40 heavy (non-hydrogen) atoms. The first-order valence-corrected chi connectivity index (χ1v) is 13.8. The fourth-order valence-corrected chi connectivity index (χ4v) is 3.05. The van der Waals surface area contributed by atoms with Crippen molar-refractivity contribution in [1.82, 2.24) is 16.3 Å². The topological polar surface area (TPSA) is 177 Å². The number of hydrogen-bond acceptors (Lipinski definition) is 11. The van der Waals surface area contributed by atoms with Crippen LogP contribution in [0.15, 0.2) is 0 Å². The Bertz CT molecular complexity index is 786. The molecule has 0 saturated heterocycles. The van der Waals surface area contributed by atoms with Crippen molar-refractivity contribution in [2.45, 2.75) is 130 Å². The smallest absolute Gasteiger partial charge is 0.329 e. The highest BCUT2D eigenvalue weighted by molar-refractivity contribution is 5.87. The van der Waals surface area contributed by atoms with Gasteiger partial charge in [0.25, 0.3) is 0 Å². The van der Waals surface area contributed by atoms with Crippen LogP contribution in [0.5, 0.6) is 0 Å². The number of unbranched alkanes of at least 4 members (excludes halogenated alkanes) is 2. The molecule has 0 aromatic rings. The molecule has 0 aliphatic carbocycles. The summed E-state index contributed by atoms with van der Waals surface area (Å²) in [6, 6.07) is -3.09. The Labute approximate surface area is 238 Å². The van der Waals surface area contributed by atoms with E-state index in [0.717, 1.165) is 19.3 Å². The second kappa shape index (κ2) is 18.1. The first-order valence-electron chi connectivity index (χ1n) is 13.8. The van der Waals surface area contributed by atoms with Crippen LogP contribution >= 0.6 is 0 Å². The van der Waals surface area contributed by atoms with Crippen LogP contribution in [0.25, 0.3) is 0 Å². The summed E-state index contributed by atoms with van der Waals surface area (Å²) in [6.07, 6.45) is 2.49. The molecule has 0 fully saturated rings. The van der Waals surface area contributed by atoms with Gasteiger partial charge in [-0.1, -0.05) is 5.64 Å². The van der Waals surface area contributed by atoms with Crippen LogP contribution in [0, 0.1) is 0 Å². The summed E-state index contributed by atoms with van der Waals surface area (Å²) in [5.41, 5.74) is 5.48. The highest BCUT2D eigenvalue weighted by atomic mass is 16.9. The van der Waals surface area contributed by atoms with E-state index in [2.05, 4.69) is 16.3 Å². The van der Waals surface area contributed by atoms with Crippen molar-refractivity contribution < 1.29 is 43.1 Å². The molecule has 0 radical (unpaired) electrons. The predicted octanol–water partition coefficient (Wildman–Crippen LogP) is 2.80. The van der Waals surface area contributed by atoms with Crippen molar-refractivity contribution in [1.29, 1.82) is 0 Å². The van der Waals surface area contributed by atoms with Crippen molar-refractivity contribution in [2.75, 3.05) is 19.8 Å². The van der Waals surface area contributed by atoms with E-state index in [1.807, 2.05) is 0 Å². The number of amides is 2. The third-order valence-corrected chi connectivity index (χ3v) is 4.63. The zero-order chi connectivity index (χ0) is 31.0. The molecule has 0 saturated carbocycles. The van der Waals surface area contributed by atoms with Crippen molar-refractivity contribution in [3.05, 3.63) is 0 Å². The van der Waals surface area contributed by atoms with E-state index in [0.29, 0.717) is 13.2 Å². The van der Waals surface area contributed by atoms with Crippen molar-refractivity contribution >= 4 is 23.9 Å². The molecule has 0 aromatic heterocycles. The van der Waals surface area contributed by atoms with E-state index >= 15 is 0 Å². The minimum atomic E-state index is -1.17. The van der Waals surface area contributed by atoms with Crippen LogP contribution in [0.1, 0.15) is 101 Å². The summed E-state index contributed by atoms with van der Waals surface area (Å²) in [4.78, 5) is 61.1. The summed E-state index contributed by atoms with van der Waals surface area (Å²) >= 11 is 0. The second-order valence-electron chi connectivity index (χ2n) is 12.3. The number of hydrogen-bond donors (Lipinski definition) is 4. The van der Waals surface area contributed by atoms with E-state index in [9.17, 15) is 19.2 Å². The maximum absolute atomic E-state index is 12.9. The molecule has 0 aliphatic rings. The largest absolute Gasteiger partial charge is 0.460 e. The lowest BCUT2D eigenvalue weighted by Gasteiger charge is -2.27. The third kappa shape index (κ3) is 21.4. The Morgan fingerprint density at radius 2 is 1.12 bits per heavy atom. The number of carbonyl (C=O) groups is 4. The van der Waals surface area contributed by atoms with Gasteiger partial charge in [0.05, 0.1) is 13.2 Å². The molecular formula is C27H52N4O9. The molecule has 13 nitrogen and oxygen atoms in total. The molecule has 0 rings (SSSR count). The SMILES string of the molecule is CC(C)(C)OC(=O)CC[C@H](NC(=O)N[C@@H](CCONOCCCCCN)C(=O)OC(C)(C)C)C(=O)OC(C)(C)C. The van der Waals surface area contributed by atoms with Gasteiger partial charge < -0.3 is 30.6 Å². The fourth-order valence-electron chi connectivity index (χ4n) is 3.05. The molecule has 2 amide bonds. The van der Waals surface area contributed by atoms with Gasteiger partial charge in [-0.25, -0.2) is 14.4 Å². The number of ether oxygens (including phenoxy) is 3. The Kier molecular flexibility index (Phi) is 16.9. The van der Waals surface area contributed by atoms with Crippen LogP contribution < -0.4 is 22.0 Å². The normalized spacial score (nSPS) is 13.7. The first kappa shape index (κ1) is 37.5. The van der Waals surface area contributed by atoms with Crippen LogP contribution in [0.2, 0.25) is 0 Å². The van der Waals surface area contributed by atoms with Crippen LogP contribution in [0.3, 0.4) is 0 Å². The summed E-state index contributed by atoms with van der Waals surface area (Å²) in [7, 11) is 0. The summed E-state index contributed by atoms with van der Waals surface area (Å²) in [6.45, 7) is 16.4. The Hall–Kier alpha value is -2.48. The lowest BCUT2D eigenvalue weighted by molar-refractivity contribution is -0.175. The van der Waals surface area contributed by atoms with E-state index in [1.54, 1.807) is 62.3 Å². The summed E-state index contributed by atoms with van der Waals surface area (Å²) in [5.74, 6) is -1.94. The van der Waals surface area contributed by atoms with Gasteiger partial charge in [0.1, 0.15) is 28.9 Å². The molecule has 0 unspecified atom stereocenters. The average molecular weight is 577 g/mol. The summed E-state index contributed by atoms with van der Waals surface area (Å²) < 4.78 is 16.1. The Morgan fingerprint density at radius 1 is 0.650 bits per heavy atom. The van der Waals surface area contributed by atoms with Crippen LogP contribution in [0.4, 0.5) is 4.79 Å². The zero-order valence-corrected chi connectivity index (χ0v) is 25.8. The minimum Gasteiger partial charge on any atom is -0.460 e. The van der Waals surface area contributed by atoms with Gasteiger partial charge in [-0.15, -0.1) is 0 Å². The quantitative estimate of drug-likeness (QED) is 0.0866. The van der Waals surface area contributed by atoms with Crippen molar-refractivity contribution in [3.63, 3.8) is 0 Å². The third-order valence-electron chi connectivity index (χ3n) is 4.63. The molecule has 5 N–H and O–H groups in total. The molecule has 0 bridgehead atoms. The lowest BCUT2D eigenvalue weighted by Crippen LogP contribution is -2.53. The van der Waals surface area contributed by atoms with Gasteiger partial charge in [0.2, 0.25) is 0 Å². The highest BCUT2D eigenvalue weighted by Crippen LogP contribution is 2.14. The van der Waals surface area contributed by atoms with Gasteiger partial charge in [-0.2, -0.15) is 0 Å². The minimum absolute atomic E-state index is 0.00112. The Balaban J connectivity index is 5.23. The molecule has 0 aliphatic heterocycles.